The van der Waals surface area contributed by atoms with Crippen molar-refractivity contribution in [3.8, 4) is 0 Å². The number of alkyl halides is 2. The summed E-state index contributed by atoms with van der Waals surface area (Å²) in [5.41, 5.74) is -0.128. The molecule has 1 amide bonds. The van der Waals surface area contributed by atoms with Crippen LogP contribution in [-0.4, -0.2) is 42.1 Å². The van der Waals surface area contributed by atoms with Crippen LogP contribution in [0.2, 0.25) is 5.15 Å². The Morgan fingerprint density at radius 2 is 2.27 bits per heavy atom. The number of aromatic nitrogens is 1. The van der Waals surface area contributed by atoms with Crippen molar-refractivity contribution in [1.29, 1.82) is 0 Å². The van der Waals surface area contributed by atoms with Gasteiger partial charge in [-0.2, -0.15) is 8.78 Å². The third-order valence-electron chi connectivity index (χ3n) is 4.56. The molecule has 22 heavy (non-hydrogen) atoms. The van der Waals surface area contributed by atoms with Crippen molar-refractivity contribution in [2.45, 2.75) is 25.7 Å². The molecule has 1 unspecified atom stereocenters. The average Bonchev–Trinajstić information content (AvgIpc) is 3.11. The van der Waals surface area contributed by atoms with E-state index in [4.69, 9.17) is 16.3 Å². The number of aryl methyl sites for hydroxylation is 1. The number of amides is 1. The van der Waals surface area contributed by atoms with Gasteiger partial charge in [0.05, 0.1) is 6.61 Å². The third kappa shape index (κ3) is 2.58. The highest BCUT2D eigenvalue weighted by molar-refractivity contribution is 6.30. The Hall–Kier alpha value is -1.27. The Balaban J connectivity index is 1.79. The van der Waals surface area contributed by atoms with Gasteiger partial charge in [-0.3, -0.25) is 4.79 Å². The van der Waals surface area contributed by atoms with E-state index >= 15 is 0 Å². The molecule has 1 aromatic heterocycles. The lowest BCUT2D eigenvalue weighted by molar-refractivity contribution is -0.158. The lowest BCUT2D eigenvalue weighted by atomic mass is 9.87. The first kappa shape index (κ1) is 15.6. The molecule has 0 aliphatic carbocycles. The van der Waals surface area contributed by atoms with Crippen LogP contribution < -0.4 is 0 Å². The summed E-state index contributed by atoms with van der Waals surface area (Å²) >= 11 is 5.75. The fraction of sp³-hybridized carbons (Fsp3) is 0.600. The highest BCUT2D eigenvalue weighted by Gasteiger charge is 2.50. The van der Waals surface area contributed by atoms with Crippen LogP contribution in [0.5, 0.6) is 0 Å². The maximum atomic E-state index is 14.5. The van der Waals surface area contributed by atoms with Gasteiger partial charge in [-0.1, -0.05) is 11.6 Å². The van der Waals surface area contributed by atoms with Crippen LogP contribution in [0.3, 0.4) is 0 Å². The largest absolute Gasteiger partial charge is 0.381 e. The van der Waals surface area contributed by atoms with Crippen molar-refractivity contribution in [3.05, 3.63) is 28.5 Å². The van der Waals surface area contributed by atoms with Gasteiger partial charge < -0.3 is 9.64 Å². The van der Waals surface area contributed by atoms with Crippen molar-refractivity contribution in [3.63, 3.8) is 0 Å². The van der Waals surface area contributed by atoms with E-state index in [0.717, 1.165) is 12.6 Å². The SMILES string of the molecule is Cc1cc(C(F)(F)C(=O)N2CCC3(CCOC3)C2)cnc1Cl. The van der Waals surface area contributed by atoms with Crippen molar-refractivity contribution >= 4 is 17.5 Å². The van der Waals surface area contributed by atoms with Crippen molar-refractivity contribution < 1.29 is 18.3 Å². The van der Waals surface area contributed by atoms with E-state index in [9.17, 15) is 13.6 Å². The van der Waals surface area contributed by atoms with E-state index in [2.05, 4.69) is 4.98 Å². The summed E-state index contributed by atoms with van der Waals surface area (Å²) < 4.78 is 34.3. The van der Waals surface area contributed by atoms with Crippen LogP contribution in [0.4, 0.5) is 8.78 Å². The number of pyridine rings is 1. The highest BCUT2D eigenvalue weighted by Crippen LogP contribution is 2.41. The minimum Gasteiger partial charge on any atom is -0.381 e. The molecule has 2 fully saturated rings. The van der Waals surface area contributed by atoms with Crippen LogP contribution in [0.15, 0.2) is 12.3 Å². The minimum absolute atomic E-state index is 0.139. The number of hydrogen-bond donors (Lipinski definition) is 0. The molecule has 0 N–H and O–H groups in total. The van der Waals surface area contributed by atoms with Gasteiger partial charge >= 0.3 is 5.92 Å². The molecular formula is C15H17ClF2N2O2. The topological polar surface area (TPSA) is 42.4 Å². The summed E-state index contributed by atoms with van der Waals surface area (Å²) in [6.07, 6.45) is 2.51. The molecule has 3 rings (SSSR count). The zero-order valence-corrected chi connectivity index (χ0v) is 13.0. The van der Waals surface area contributed by atoms with Crippen LogP contribution in [0, 0.1) is 12.3 Å². The average molecular weight is 331 g/mol. The number of ether oxygens (including phenoxy) is 1. The van der Waals surface area contributed by atoms with Gasteiger partial charge in [-0.05, 0) is 31.4 Å². The predicted molar refractivity (Wildman–Crippen MR) is 76.9 cm³/mol. The number of hydrogen-bond acceptors (Lipinski definition) is 3. The smallest absolute Gasteiger partial charge is 0.351 e. The van der Waals surface area contributed by atoms with Gasteiger partial charge in [0, 0.05) is 36.9 Å². The van der Waals surface area contributed by atoms with Crippen LogP contribution in [-0.2, 0) is 15.5 Å². The molecule has 0 aromatic carbocycles. The van der Waals surface area contributed by atoms with Gasteiger partial charge in [-0.25, -0.2) is 4.98 Å². The lowest BCUT2D eigenvalue weighted by Gasteiger charge is -2.25. The Labute approximate surface area is 132 Å². The standard InChI is InChI=1S/C15H17ClF2N2O2/c1-10-6-11(7-19-12(10)16)15(17,18)13(21)20-4-2-14(8-20)3-5-22-9-14/h6-7H,2-5,8-9H2,1H3. The molecule has 0 saturated carbocycles. The van der Waals surface area contributed by atoms with Gasteiger partial charge in [0.1, 0.15) is 5.15 Å². The molecule has 7 heteroatoms. The first-order chi connectivity index (χ1) is 10.3. The zero-order valence-electron chi connectivity index (χ0n) is 12.2. The molecule has 2 aliphatic heterocycles. The minimum atomic E-state index is -3.59. The molecule has 0 radical (unpaired) electrons. The summed E-state index contributed by atoms with van der Waals surface area (Å²) in [6.45, 7) is 3.45. The summed E-state index contributed by atoms with van der Waals surface area (Å²) in [5, 5.41) is 0.162. The second-order valence-electron chi connectivity index (χ2n) is 6.19. The summed E-state index contributed by atoms with van der Waals surface area (Å²) in [4.78, 5) is 17.2. The second-order valence-corrected chi connectivity index (χ2v) is 6.54. The third-order valence-corrected chi connectivity index (χ3v) is 4.95. The van der Waals surface area contributed by atoms with Crippen molar-refractivity contribution in [2.75, 3.05) is 26.3 Å². The summed E-state index contributed by atoms with van der Waals surface area (Å²) in [6, 6.07) is 1.22. The van der Waals surface area contributed by atoms with Crippen molar-refractivity contribution in [1.82, 2.24) is 9.88 Å². The van der Waals surface area contributed by atoms with Crippen molar-refractivity contribution in [2.24, 2.45) is 5.41 Å². The summed E-state index contributed by atoms with van der Waals surface area (Å²) in [7, 11) is 0. The Morgan fingerprint density at radius 3 is 2.91 bits per heavy atom. The fourth-order valence-corrected chi connectivity index (χ4v) is 3.24. The van der Waals surface area contributed by atoms with Gasteiger partial charge in [-0.15, -0.1) is 0 Å². The number of nitrogens with zero attached hydrogens (tertiary/aromatic N) is 2. The molecule has 1 atom stereocenters. The molecule has 2 aliphatic rings. The molecule has 4 nitrogen and oxygen atoms in total. The number of rotatable bonds is 2. The molecule has 1 spiro atoms. The maximum Gasteiger partial charge on any atom is 0.351 e. The maximum absolute atomic E-state index is 14.5. The van der Waals surface area contributed by atoms with E-state index < -0.39 is 17.4 Å². The van der Waals surface area contributed by atoms with Gasteiger partial charge in [0.15, 0.2) is 0 Å². The molecule has 1 aromatic rings. The fourth-order valence-electron chi connectivity index (χ4n) is 3.13. The monoisotopic (exact) mass is 330 g/mol. The quantitative estimate of drug-likeness (QED) is 0.783. The molecular weight excluding hydrogens is 314 g/mol. The van der Waals surface area contributed by atoms with Gasteiger partial charge in [0.25, 0.3) is 5.91 Å². The van der Waals surface area contributed by atoms with E-state index in [-0.39, 0.29) is 10.6 Å². The predicted octanol–water partition coefficient (Wildman–Crippen LogP) is 2.77. The normalized spacial score (nSPS) is 25.2. The zero-order chi connectivity index (χ0) is 16.0. The number of carbonyl (C=O) groups is 1. The van der Waals surface area contributed by atoms with Crippen LogP contribution >= 0.6 is 11.6 Å². The Bertz CT molecular complexity index is 603. The van der Waals surface area contributed by atoms with E-state index in [1.807, 2.05) is 0 Å². The van der Waals surface area contributed by atoms with Gasteiger partial charge in [0.2, 0.25) is 0 Å². The number of carbonyl (C=O) groups excluding carboxylic acids is 1. The Morgan fingerprint density at radius 1 is 1.50 bits per heavy atom. The first-order valence-electron chi connectivity index (χ1n) is 7.22. The number of likely N-dealkylation sites (tertiary alicyclic amines) is 1. The Kier molecular flexibility index (Phi) is 3.85. The summed E-state index contributed by atoms with van der Waals surface area (Å²) in [5.74, 6) is -4.76. The second kappa shape index (κ2) is 5.42. The lowest BCUT2D eigenvalue weighted by Crippen LogP contribution is -2.42. The van der Waals surface area contributed by atoms with Crippen LogP contribution in [0.1, 0.15) is 24.0 Å². The molecule has 3 heterocycles. The molecule has 120 valence electrons. The van der Waals surface area contributed by atoms with E-state index in [1.165, 1.54) is 11.0 Å². The number of halogens is 3. The first-order valence-corrected chi connectivity index (χ1v) is 7.59. The highest BCUT2D eigenvalue weighted by atomic mass is 35.5. The van der Waals surface area contributed by atoms with E-state index in [0.29, 0.717) is 38.3 Å². The molecule has 2 saturated heterocycles. The van der Waals surface area contributed by atoms with E-state index in [1.54, 1.807) is 6.92 Å². The molecule has 0 bridgehead atoms. The van der Waals surface area contributed by atoms with Crippen LogP contribution in [0.25, 0.3) is 0 Å².